The average Bonchev–Trinajstić information content (AvgIpc) is 2.75. The second-order valence-corrected chi connectivity index (χ2v) is 6.71. The highest BCUT2D eigenvalue weighted by Gasteiger charge is 2.55. The first kappa shape index (κ1) is 16.4. The summed E-state index contributed by atoms with van der Waals surface area (Å²) in [5.74, 6) is -0.230. The molecule has 2 fully saturated rings. The zero-order chi connectivity index (χ0) is 17.3. The van der Waals surface area contributed by atoms with E-state index in [9.17, 15) is 14.4 Å². The Labute approximate surface area is 140 Å². The predicted octanol–water partition coefficient (Wildman–Crippen LogP) is 1.83. The van der Waals surface area contributed by atoms with Gasteiger partial charge in [-0.2, -0.15) is 0 Å². The molecule has 1 saturated carbocycles. The molecular weight excluding hydrogens is 308 g/mol. The van der Waals surface area contributed by atoms with E-state index in [1.54, 1.807) is 12.3 Å². The minimum Gasteiger partial charge on any atom is -0.323 e. The standard InChI is InChI=1S/C17H22N4O3/c1-11-6-8-18-13(9-11)19-14(22)10-21-15(23)17(20-16(21)24)7-4-3-5-12(17)2/h6,8-9,12H,3-5,7,10H2,1-2H3,(H,20,24)(H,18,19,22). The van der Waals surface area contributed by atoms with Gasteiger partial charge >= 0.3 is 6.03 Å². The highest BCUT2D eigenvalue weighted by atomic mass is 16.2. The molecule has 3 rings (SSSR count). The molecule has 128 valence electrons. The first-order chi connectivity index (χ1) is 11.4. The van der Waals surface area contributed by atoms with Crippen molar-refractivity contribution >= 4 is 23.7 Å². The Bertz CT molecular complexity index is 690. The number of aryl methyl sites for hydroxylation is 1. The van der Waals surface area contributed by atoms with Crippen LogP contribution in [0.15, 0.2) is 18.3 Å². The Morgan fingerprint density at radius 3 is 2.96 bits per heavy atom. The Balaban J connectivity index is 1.70. The predicted molar refractivity (Wildman–Crippen MR) is 88.2 cm³/mol. The summed E-state index contributed by atoms with van der Waals surface area (Å²) in [6.07, 6.45) is 5.10. The van der Waals surface area contributed by atoms with Crippen molar-refractivity contribution in [1.29, 1.82) is 0 Å². The van der Waals surface area contributed by atoms with E-state index in [1.807, 2.05) is 19.9 Å². The lowest BCUT2D eigenvalue weighted by molar-refractivity contribution is -0.136. The summed E-state index contributed by atoms with van der Waals surface area (Å²) in [6, 6.07) is 3.07. The highest BCUT2D eigenvalue weighted by Crippen LogP contribution is 2.38. The molecule has 7 heteroatoms. The average molecular weight is 330 g/mol. The molecule has 2 heterocycles. The molecule has 2 N–H and O–H groups in total. The van der Waals surface area contributed by atoms with Crippen molar-refractivity contribution in [2.24, 2.45) is 5.92 Å². The van der Waals surface area contributed by atoms with Gasteiger partial charge in [0.1, 0.15) is 17.9 Å². The molecule has 1 aromatic heterocycles. The third-order valence-electron chi connectivity index (χ3n) is 4.99. The fraction of sp³-hybridized carbons (Fsp3) is 0.529. The minimum absolute atomic E-state index is 0.0780. The Hall–Kier alpha value is -2.44. The van der Waals surface area contributed by atoms with Gasteiger partial charge in [-0.25, -0.2) is 9.78 Å². The maximum atomic E-state index is 12.8. The van der Waals surface area contributed by atoms with Gasteiger partial charge in [-0.1, -0.05) is 19.8 Å². The van der Waals surface area contributed by atoms with Gasteiger partial charge in [0.25, 0.3) is 5.91 Å². The number of rotatable bonds is 3. The van der Waals surface area contributed by atoms with Gasteiger partial charge in [-0.15, -0.1) is 0 Å². The largest absolute Gasteiger partial charge is 0.325 e. The minimum atomic E-state index is -0.836. The van der Waals surface area contributed by atoms with E-state index < -0.39 is 17.5 Å². The van der Waals surface area contributed by atoms with E-state index in [2.05, 4.69) is 15.6 Å². The maximum absolute atomic E-state index is 12.8. The lowest BCUT2D eigenvalue weighted by atomic mass is 9.73. The molecule has 0 radical (unpaired) electrons. The summed E-state index contributed by atoms with van der Waals surface area (Å²) in [5, 5.41) is 5.47. The van der Waals surface area contributed by atoms with Crippen LogP contribution < -0.4 is 10.6 Å². The van der Waals surface area contributed by atoms with Crippen LogP contribution in [0.25, 0.3) is 0 Å². The summed E-state index contributed by atoms with van der Waals surface area (Å²) < 4.78 is 0. The molecule has 1 aromatic rings. The first-order valence-electron chi connectivity index (χ1n) is 8.29. The summed E-state index contributed by atoms with van der Waals surface area (Å²) in [5.41, 5.74) is 0.127. The van der Waals surface area contributed by atoms with Crippen LogP contribution >= 0.6 is 0 Å². The zero-order valence-corrected chi connectivity index (χ0v) is 14.0. The van der Waals surface area contributed by atoms with Crippen LogP contribution in [0.1, 0.15) is 38.2 Å². The van der Waals surface area contributed by atoms with Crippen LogP contribution in [0, 0.1) is 12.8 Å². The van der Waals surface area contributed by atoms with Crippen molar-refractivity contribution in [3.05, 3.63) is 23.9 Å². The van der Waals surface area contributed by atoms with Crippen LogP contribution in [-0.2, 0) is 9.59 Å². The molecule has 1 aliphatic carbocycles. The molecule has 0 aromatic carbocycles. The number of amides is 4. The Kier molecular flexibility index (Phi) is 4.26. The number of carbonyl (C=O) groups is 3. The normalized spacial score (nSPS) is 26.6. The van der Waals surface area contributed by atoms with Gasteiger partial charge in [-0.05, 0) is 43.4 Å². The molecule has 1 aliphatic heterocycles. The number of urea groups is 1. The third kappa shape index (κ3) is 2.86. The number of imide groups is 1. The van der Waals surface area contributed by atoms with E-state index >= 15 is 0 Å². The van der Waals surface area contributed by atoms with Crippen LogP contribution in [-0.4, -0.2) is 39.8 Å². The molecule has 1 spiro atoms. The number of carbonyl (C=O) groups excluding carboxylic acids is 3. The highest BCUT2D eigenvalue weighted by molar-refractivity contribution is 6.10. The zero-order valence-electron chi connectivity index (χ0n) is 14.0. The molecule has 2 atom stereocenters. The van der Waals surface area contributed by atoms with Crippen molar-refractivity contribution in [3.63, 3.8) is 0 Å². The summed E-state index contributed by atoms with van der Waals surface area (Å²) >= 11 is 0. The van der Waals surface area contributed by atoms with E-state index in [-0.39, 0.29) is 18.4 Å². The third-order valence-corrected chi connectivity index (χ3v) is 4.99. The van der Waals surface area contributed by atoms with Gasteiger partial charge in [-0.3, -0.25) is 14.5 Å². The van der Waals surface area contributed by atoms with Gasteiger partial charge in [0.2, 0.25) is 5.91 Å². The van der Waals surface area contributed by atoms with Gasteiger partial charge < -0.3 is 10.6 Å². The summed E-state index contributed by atoms with van der Waals surface area (Å²) in [4.78, 5) is 42.3. The second kappa shape index (κ2) is 6.22. The number of anilines is 1. The van der Waals surface area contributed by atoms with Crippen LogP contribution in [0.5, 0.6) is 0 Å². The number of hydrogen-bond donors (Lipinski definition) is 2. The second-order valence-electron chi connectivity index (χ2n) is 6.71. The number of aromatic nitrogens is 1. The van der Waals surface area contributed by atoms with E-state index in [4.69, 9.17) is 0 Å². The maximum Gasteiger partial charge on any atom is 0.325 e. The van der Waals surface area contributed by atoms with E-state index in [1.165, 1.54) is 0 Å². The van der Waals surface area contributed by atoms with Crippen molar-refractivity contribution < 1.29 is 14.4 Å². The van der Waals surface area contributed by atoms with E-state index in [0.717, 1.165) is 29.7 Å². The molecule has 0 bridgehead atoms. The van der Waals surface area contributed by atoms with Crippen molar-refractivity contribution in [3.8, 4) is 0 Å². The van der Waals surface area contributed by atoms with Crippen molar-refractivity contribution in [2.45, 2.75) is 45.1 Å². The Morgan fingerprint density at radius 1 is 1.46 bits per heavy atom. The number of nitrogens with zero attached hydrogens (tertiary/aromatic N) is 2. The summed E-state index contributed by atoms with van der Waals surface area (Å²) in [7, 11) is 0. The number of hydrogen-bond acceptors (Lipinski definition) is 4. The van der Waals surface area contributed by atoms with Crippen molar-refractivity contribution in [1.82, 2.24) is 15.2 Å². The quantitative estimate of drug-likeness (QED) is 0.827. The van der Waals surface area contributed by atoms with Gasteiger partial charge in [0.05, 0.1) is 0 Å². The number of pyridine rings is 1. The molecule has 24 heavy (non-hydrogen) atoms. The lowest BCUT2D eigenvalue weighted by Crippen LogP contribution is -2.54. The topological polar surface area (TPSA) is 91.4 Å². The number of nitrogens with one attached hydrogen (secondary N) is 2. The lowest BCUT2D eigenvalue weighted by Gasteiger charge is -2.36. The fourth-order valence-electron chi connectivity index (χ4n) is 3.57. The van der Waals surface area contributed by atoms with Gasteiger partial charge in [0, 0.05) is 6.20 Å². The fourth-order valence-corrected chi connectivity index (χ4v) is 3.57. The smallest absolute Gasteiger partial charge is 0.323 e. The molecule has 1 saturated heterocycles. The molecule has 4 amide bonds. The van der Waals surface area contributed by atoms with Gasteiger partial charge in [0.15, 0.2) is 0 Å². The SMILES string of the molecule is Cc1ccnc(NC(=O)CN2C(=O)NC3(CCCCC3C)C2=O)c1. The van der Waals surface area contributed by atoms with Crippen LogP contribution in [0.4, 0.5) is 10.6 Å². The van der Waals surface area contributed by atoms with Crippen molar-refractivity contribution in [2.75, 3.05) is 11.9 Å². The molecular formula is C17H22N4O3. The molecule has 2 aliphatic rings. The van der Waals surface area contributed by atoms with Crippen LogP contribution in [0.3, 0.4) is 0 Å². The van der Waals surface area contributed by atoms with Crippen LogP contribution in [0.2, 0.25) is 0 Å². The molecule has 7 nitrogen and oxygen atoms in total. The monoisotopic (exact) mass is 330 g/mol. The van der Waals surface area contributed by atoms with E-state index in [0.29, 0.717) is 12.2 Å². The Morgan fingerprint density at radius 2 is 2.25 bits per heavy atom. The summed E-state index contributed by atoms with van der Waals surface area (Å²) in [6.45, 7) is 3.58. The molecule has 2 unspecified atom stereocenters. The first-order valence-corrected chi connectivity index (χ1v) is 8.29.